The van der Waals surface area contributed by atoms with E-state index >= 15 is 0 Å². The Kier molecular flexibility index (Phi) is 5.91. The van der Waals surface area contributed by atoms with Crippen LogP contribution in [-0.2, 0) is 19.2 Å². The molecule has 3 aliphatic rings. The largest absolute Gasteiger partial charge is 0.427 e. The third-order valence-corrected chi connectivity index (χ3v) is 7.39. The monoisotopic (exact) mass is 538 g/mol. The first-order valence-electron chi connectivity index (χ1n) is 12.5. The van der Waals surface area contributed by atoms with Crippen LogP contribution in [0.4, 0.5) is 22.7 Å². The van der Waals surface area contributed by atoms with Crippen molar-refractivity contribution in [1.29, 1.82) is 0 Å². The molecule has 40 heavy (non-hydrogen) atoms. The third kappa shape index (κ3) is 3.99. The lowest BCUT2D eigenvalue weighted by Crippen LogP contribution is -2.50. The van der Waals surface area contributed by atoms with E-state index in [1.54, 1.807) is 0 Å². The number of esters is 1. The van der Waals surface area contributed by atoms with E-state index in [1.807, 2.05) is 41.3 Å². The molecule has 200 valence electrons. The van der Waals surface area contributed by atoms with Crippen LogP contribution < -0.4 is 19.9 Å². The van der Waals surface area contributed by atoms with Crippen molar-refractivity contribution in [2.24, 2.45) is 11.8 Å². The number of anilines is 3. The summed E-state index contributed by atoms with van der Waals surface area (Å²) in [7, 11) is 0. The molecule has 0 radical (unpaired) electrons. The van der Waals surface area contributed by atoms with Gasteiger partial charge in [0.05, 0.1) is 28.5 Å². The zero-order valence-electron chi connectivity index (χ0n) is 21.1. The fourth-order valence-corrected chi connectivity index (χ4v) is 5.78. The molecule has 3 aromatic carbocycles. The van der Waals surface area contributed by atoms with Gasteiger partial charge in [0.15, 0.2) is 0 Å². The molecule has 4 atom stereocenters. The Labute approximate surface area is 227 Å². The van der Waals surface area contributed by atoms with Crippen molar-refractivity contribution in [3.63, 3.8) is 0 Å². The number of hydrogen-bond acceptors (Lipinski definition) is 8. The minimum absolute atomic E-state index is 0.124. The second-order valence-electron chi connectivity index (χ2n) is 9.70. The van der Waals surface area contributed by atoms with Gasteiger partial charge in [0.1, 0.15) is 11.8 Å². The number of fused-ring (bicyclic) bond motifs is 5. The highest BCUT2D eigenvalue weighted by atomic mass is 16.6. The molecule has 0 spiro atoms. The van der Waals surface area contributed by atoms with E-state index in [0.29, 0.717) is 11.4 Å². The van der Waals surface area contributed by atoms with Crippen molar-refractivity contribution < 1.29 is 28.8 Å². The second kappa shape index (κ2) is 9.45. The summed E-state index contributed by atoms with van der Waals surface area (Å²) in [5.41, 5.74) is 2.09. The van der Waals surface area contributed by atoms with E-state index in [-0.39, 0.29) is 11.4 Å². The summed E-state index contributed by atoms with van der Waals surface area (Å²) in [6, 6.07) is 17.3. The number of nitrogens with one attached hydrogen (secondary N) is 1. The topological polar surface area (TPSA) is 139 Å². The van der Waals surface area contributed by atoms with Gasteiger partial charge in [-0.25, -0.2) is 4.90 Å². The average molecular weight is 539 g/mol. The van der Waals surface area contributed by atoms with Crippen LogP contribution in [-0.4, -0.2) is 40.7 Å². The van der Waals surface area contributed by atoms with E-state index in [9.17, 15) is 29.3 Å². The van der Waals surface area contributed by atoms with Crippen molar-refractivity contribution in [2.45, 2.75) is 19.0 Å². The highest BCUT2D eigenvalue weighted by Gasteiger charge is 2.64. The third-order valence-electron chi connectivity index (χ3n) is 7.39. The van der Waals surface area contributed by atoms with E-state index in [4.69, 9.17) is 4.74 Å². The number of ether oxygens (including phenoxy) is 1. The van der Waals surface area contributed by atoms with Gasteiger partial charge in [0, 0.05) is 30.4 Å². The normalized spacial score (nSPS) is 22.4. The lowest BCUT2D eigenvalue weighted by molar-refractivity contribution is -0.384. The number of nitrogens with zero attached hydrogens (tertiary/aromatic N) is 3. The van der Waals surface area contributed by atoms with Gasteiger partial charge in [-0.15, -0.1) is 0 Å². The van der Waals surface area contributed by atoms with Crippen molar-refractivity contribution in [1.82, 2.24) is 0 Å². The van der Waals surface area contributed by atoms with E-state index in [1.165, 1.54) is 55.5 Å². The molecule has 11 heteroatoms. The van der Waals surface area contributed by atoms with E-state index in [0.717, 1.165) is 16.2 Å². The first-order chi connectivity index (χ1) is 19.2. The summed E-state index contributed by atoms with van der Waals surface area (Å²) >= 11 is 0. The number of hydrogen-bond donors (Lipinski definition) is 1. The van der Waals surface area contributed by atoms with Crippen LogP contribution in [0.15, 0.2) is 78.9 Å². The summed E-state index contributed by atoms with van der Waals surface area (Å²) in [4.78, 5) is 66.3. The van der Waals surface area contributed by atoms with Crippen LogP contribution in [0.1, 0.15) is 12.5 Å². The molecule has 0 unspecified atom stereocenters. The van der Waals surface area contributed by atoms with Crippen LogP contribution in [0.2, 0.25) is 0 Å². The number of imide groups is 1. The number of rotatable bonds is 5. The van der Waals surface area contributed by atoms with Crippen molar-refractivity contribution in [2.75, 3.05) is 15.1 Å². The predicted molar refractivity (Wildman–Crippen MR) is 144 cm³/mol. The average Bonchev–Trinajstić information content (AvgIpc) is 3.42. The van der Waals surface area contributed by atoms with Crippen LogP contribution in [0.5, 0.6) is 5.75 Å². The van der Waals surface area contributed by atoms with Gasteiger partial charge < -0.3 is 15.0 Å². The predicted octanol–water partition coefficient (Wildman–Crippen LogP) is 3.55. The summed E-state index contributed by atoms with van der Waals surface area (Å²) in [6.45, 7) is 1.27. The molecule has 0 saturated carbocycles. The fraction of sp³-hybridized carbons (Fsp3) is 0.172. The Morgan fingerprint density at radius 2 is 1.60 bits per heavy atom. The molecule has 6 rings (SSSR count). The fourth-order valence-electron chi connectivity index (χ4n) is 5.78. The smallest absolute Gasteiger partial charge is 0.308 e. The maximum atomic E-state index is 13.9. The quantitative estimate of drug-likeness (QED) is 0.171. The molecule has 2 fully saturated rings. The molecule has 0 aliphatic carbocycles. The Morgan fingerprint density at radius 3 is 2.27 bits per heavy atom. The maximum Gasteiger partial charge on any atom is 0.308 e. The van der Waals surface area contributed by atoms with Crippen molar-refractivity contribution in [3.05, 3.63) is 94.6 Å². The minimum Gasteiger partial charge on any atom is -0.427 e. The molecule has 2 saturated heterocycles. The molecule has 3 amide bonds. The molecule has 3 heterocycles. The number of amides is 3. The highest BCUT2D eigenvalue weighted by Crippen LogP contribution is 2.49. The standard InChI is InChI=1S/C29H22N4O7/c1-16(34)40-21-13-11-19(12-14-21)31-28(36)24-23-15-6-17-4-2-3-5-22(17)32(23)26(25(24)29(31)37)27(35)30-18-7-9-20(10-8-18)33(38)39/h2-15,23-26H,1H3,(H,30,35)/t23-,24-,25+,26-/m0/s1. The number of nitro benzene ring substituents is 1. The highest BCUT2D eigenvalue weighted by molar-refractivity contribution is 6.25. The van der Waals surface area contributed by atoms with Gasteiger partial charge >= 0.3 is 5.97 Å². The van der Waals surface area contributed by atoms with Crippen LogP contribution in [0.3, 0.4) is 0 Å². The Balaban J connectivity index is 1.37. The van der Waals surface area contributed by atoms with Crippen LogP contribution >= 0.6 is 0 Å². The van der Waals surface area contributed by atoms with E-state index in [2.05, 4.69) is 5.32 Å². The molecule has 11 nitrogen and oxygen atoms in total. The van der Waals surface area contributed by atoms with Crippen LogP contribution in [0.25, 0.3) is 6.08 Å². The van der Waals surface area contributed by atoms with Gasteiger partial charge in [0.2, 0.25) is 17.7 Å². The molecule has 3 aromatic rings. The summed E-state index contributed by atoms with van der Waals surface area (Å²) in [5, 5.41) is 13.8. The minimum atomic E-state index is -1.03. The first-order valence-corrected chi connectivity index (χ1v) is 12.5. The first kappa shape index (κ1) is 25.0. The second-order valence-corrected chi connectivity index (χ2v) is 9.70. The number of non-ortho nitro benzene ring substituents is 1. The number of benzene rings is 3. The Bertz CT molecular complexity index is 1600. The Hall–Kier alpha value is -5.32. The number of carbonyl (C=O) groups is 4. The van der Waals surface area contributed by atoms with Crippen molar-refractivity contribution in [3.8, 4) is 5.75 Å². The lowest BCUT2D eigenvalue weighted by Gasteiger charge is -2.36. The van der Waals surface area contributed by atoms with Crippen molar-refractivity contribution >= 4 is 52.5 Å². The summed E-state index contributed by atoms with van der Waals surface area (Å²) in [5.74, 6) is -3.49. The molecule has 0 aromatic heterocycles. The zero-order valence-corrected chi connectivity index (χ0v) is 21.1. The number of carbonyl (C=O) groups excluding carboxylic acids is 4. The SMILES string of the molecule is CC(=O)Oc1ccc(N2C(=O)[C@@H]3[C@@H](C2=O)[C@@H]2C=Cc4ccccc4N2[C@@H]3C(=O)Nc2ccc([N+](=O)[O-])cc2)cc1. The summed E-state index contributed by atoms with van der Waals surface area (Å²) < 4.78 is 5.06. The summed E-state index contributed by atoms with van der Waals surface area (Å²) in [6.07, 6.45) is 3.73. The van der Waals surface area contributed by atoms with Gasteiger partial charge in [-0.2, -0.15) is 0 Å². The molecule has 0 bridgehead atoms. The van der Waals surface area contributed by atoms with Gasteiger partial charge in [-0.05, 0) is 48.0 Å². The van der Waals surface area contributed by atoms with Gasteiger partial charge in [0.25, 0.3) is 5.69 Å². The van der Waals surface area contributed by atoms with Gasteiger partial charge in [-0.1, -0.05) is 30.4 Å². The molecular formula is C29H22N4O7. The molecule has 3 aliphatic heterocycles. The van der Waals surface area contributed by atoms with E-state index < -0.39 is 52.5 Å². The Morgan fingerprint density at radius 1 is 0.925 bits per heavy atom. The molecule has 1 N–H and O–H groups in total. The van der Waals surface area contributed by atoms with Crippen LogP contribution in [0, 0.1) is 22.0 Å². The molecular weight excluding hydrogens is 516 g/mol. The maximum absolute atomic E-state index is 13.9. The number of nitro groups is 1. The lowest BCUT2D eigenvalue weighted by atomic mass is 9.88. The van der Waals surface area contributed by atoms with Gasteiger partial charge in [-0.3, -0.25) is 29.3 Å². The zero-order chi connectivity index (χ0) is 28.1. The number of para-hydroxylation sites is 1.